The summed E-state index contributed by atoms with van der Waals surface area (Å²) in [7, 11) is 2.18. The van der Waals surface area contributed by atoms with Gasteiger partial charge in [-0.25, -0.2) is 4.98 Å². The number of thiazole rings is 1. The summed E-state index contributed by atoms with van der Waals surface area (Å²) in [4.78, 5) is 9.40. The maximum absolute atomic E-state index is 6.17. The summed E-state index contributed by atoms with van der Waals surface area (Å²) in [5, 5.41) is 3.25. The van der Waals surface area contributed by atoms with Crippen molar-refractivity contribution in [1.29, 1.82) is 0 Å². The number of ether oxygens (including phenoxy) is 1. The maximum atomic E-state index is 6.17. The molecule has 4 rings (SSSR count). The number of fused-ring (bicyclic) bond motifs is 1. The second-order valence-corrected chi connectivity index (χ2v) is 7.44. The van der Waals surface area contributed by atoms with Crippen LogP contribution in [0, 0.1) is 0 Å². The van der Waals surface area contributed by atoms with Gasteiger partial charge in [-0.15, -0.1) is 11.3 Å². The van der Waals surface area contributed by atoms with Crippen LogP contribution in [0.5, 0.6) is 0 Å². The van der Waals surface area contributed by atoms with Gasteiger partial charge in [-0.3, -0.25) is 9.80 Å². The largest absolute Gasteiger partial charge is 0.468 e. The van der Waals surface area contributed by atoms with Crippen LogP contribution in [0.3, 0.4) is 0 Å². The lowest BCUT2D eigenvalue weighted by molar-refractivity contribution is -0.0391. The lowest BCUT2D eigenvalue weighted by Gasteiger charge is -2.34. The van der Waals surface area contributed by atoms with Gasteiger partial charge >= 0.3 is 0 Å². The molecule has 2 aromatic heterocycles. The highest BCUT2D eigenvalue weighted by Gasteiger charge is 2.45. The van der Waals surface area contributed by atoms with Gasteiger partial charge in [-0.2, -0.15) is 0 Å². The third-order valence-electron chi connectivity index (χ3n) is 4.98. The van der Waals surface area contributed by atoms with Gasteiger partial charge in [0.15, 0.2) is 0 Å². The molecule has 4 heterocycles. The Bertz CT molecular complexity index is 601. The van der Waals surface area contributed by atoms with Crippen LogP contribution in [0.15, 0.2) is 34.4 Å². The number of furan rings is 1. The van der Waals surface area contributed by atoms with E-state index < -0.39 is 0 Å². The van der Waals surface area contributed by atoms with Crippen LogP contribution in [-0.2, 0) is 17.8 Å². The number of aromatic nitrogens is 1. The molecule has 3 atom stereocenters. The summed E-state index contributed by atoms with van der Waals surface area (Å²) < 4.78 is 11.7. The molecular weight excluding hydrogens is 310 g/mol. The highest BCUT2D eigenvalue weighted by Crippen LogP contribution is 2.33. The smallest absolute Gasteiger partial charge is 0.117 e. The Balaban J connectivity index is 1.48. The molecule has 0 bridgehead atoms. The van der Waals surface area contributed by atoms with Crippen LogP contribution >= 0.6 is 11.3 Å². The first kappa shape index (κ1) is 15.3. The summed E-state index contributed by atoms with van der Waals surface area (Å²) in [6, 6.07) is 4.91. The quantitative estimate of drug-likeness (QED) is 0.841. The number of rotatable bonds is 5. The van der Waals surface area contributed by atoms with Crippen molar-refractivity contribution < 1.29 is 9.15 Å². The van der Waals surface area contributed by atoms with Gasteiger partial charge in [0.1, 0.15) is 10.8 Å². The van der Waals surface area contributed by atoms with Gasteiger partial charge in [0.25, 0.3) is 0 Å². The summed E-state index contributed by atoms with van der Waals surface area (Å²) in [5.74, 6) is 1.01. The molecule has 124 valence electrons. The van der Waals surface area contributed by atoms with Crippen LogP contribution in [0.1, 0.15) is 23.6 Å². The van der Waals surface area contributed by atoms with E-state index in [0.717, 1.165) is 38.4 Å². The lowest BCUT2D eigenvalue weighted by atomic mass is 10.0. The van der Waals surface area contributed by atoms with Crippen LogP contribution < -0.4 is 0 Å². The normalized spacial score (nSPS) is 28.3. The van der Waals surface area contributed by atoms with Crippen molar-refractivity contribution >= 4 is 11.3 Å². The Kier molecular flexibility index (Phi) is 4.48. The molecule has 23 heavy (non-hydrogen) atoms. The number of likely N-dealkylation sites (N-methyl/N-ethyl adjacent to an activating group) is 1. The summed E-state index contributed by atoms with van der Waals surface area (Å²) in [6.45, 7) is 3.69. The maximum Gasteiger partial charge on any atom is 0.117 e. The van der Waals surface area contributed by atoms with Crippen molar-refractivity contribution in [3.8, 4) is 0 Å². The molecule has 2 aromatic rings. The SMILES string of the molecule is CN(Cc1ccco1)[C@@H]1CN(Cc2nccs2)[C@@H]2CCCO[C@H]12. The van der Waals surface area contributed by atoms with Crippen molar-refractivity contribution in [2.75, 3.05) is 20.2 Å². The third kappa shape index (κ3) is 3.21. The minimum absolute atomic E-state index is 0.295. The van der Waals surface area contributed by atoms with E-state index in [2.05, 4.69) is 27.2 Å². The number of hydrogen-bond acceptors (Lipinski definition) is 6. The fraction of sp³-hybridized carbons (Fsp3) is 0.588. The van der Waals surface area contributed by atoms with Gasteiger partial charge in [0.2, 0.25) is 0 Å². The van der Waals surface area contributed by atoms with E-state index in [0.29, 0.717) is 18.2 Å². The Morgan fingerprint density at radius 2 is 2.43 bits per heavy atom. The predicted octanol–water partition coefficient (Wildman–Crippen LogP) is 2.60. The Morgan fingerprint density at radius 3 is 3.22 bits per heavy atom. The molecule has 0 unspecified atom stereocenters. The number of likely N-dealkylation sites (tertiary alicyclic amines) is 1. The molecule has 0 aliphatic carbocycles. The first-order chi connectivity index (χ1) is 11.3. The number of hydrogen-bond donors (Lipinski definition) is 0. The predicted molar refractivity (Wildman–Crippen MR) is 89.2 cm³/mol. The van der Waals surface area contributed by atoms with Gasteiger partial charge in [0.05, 0.1) is 31.5 Å². The summed E-state index contributed by atoms with van der Waals surface area (Å²) in [6.07, 6.45) is 6.31. The van der Waals surface area contributed by atoms with Gasteiger partial charge in [0, 0.05) is 30.8 Å². The van der Waals surface area contributed by atoms with Crippen LogP contribution in [0.25, 0.3) is 0 Å². The van der Waals surface area contributed by atoms with E-state index in [9.17, 15) is 0 Å². The van der Waals surface area contributed by atoms with Crippen LogP contribution in [0.2, 0.25) is 0 Å². The van der Waals surface area contributed by atoms with Crippen LogP contribution in [0.4, 0.5) is 0 Å². The molecule has 5 nitrogen and oxygen atoms in total. The van der Waals surface area contributed by atoms with Crippen molar-refractivity contribution in [2.24, 2.45) is 0 Å². The highest BCUT2D eigenvalue weighted by molar-refractivity contribution is 7.09. The highest BCUT2D eigenvalue weighted by atomic mass is 32.1. The first-order valence-electron chi connectivity index (χ1n) is 8.28. The molecule has 0 amide bonds. The van der Waals surface area contributed by atoms with Gasteiger partial charge in [-0.05, 0) is 32.0 Å². The van der Waals surface area contributed by atoms with Crippen molar-refractivity contribution in [1.82, 2.24) is 14.8 Å². The zero-order valence-corrected chi connectivity index (χ0v) is 14.2. The van der Waals surface area contributed by atoms with Gasteiger partial charge < -0.3 is 9.15 Å². The molecule has 0 spiro atoms. The third-order valence-corrected chi connectivity index (χ3v) is 5.74. The molecule has 6 heteroatoms. The Labute approximate surface area is 140 Å². The van der Waals surface area contributed by atoms with Gasteiger partial charge in [-0.1, -0.05) is 0 Å². The van der Waals surface area contributed by atoms with E-state index in [1.807, 2.05) is 18.3 Å². The minimum atomic E-state index is 0.295. The Hall–Kier alpha value is -1.21. The van der Waals surface area contributed by atoms with E-state index in [4.69, 9.17) is 9.15 Å². The standard InChI is InChI=1S/C17H23N3O2S/c1-19(10-13-4-2-7-21-13)15-11-20(12-16-18-6-9-23-16)14-5-3-8-22-17(14)15/h2,4,6-7,9,14-15,17H,3,5,8,10-12H2,1H3/t14-,15-,17+/m1/s1. The molecular formula is C17H23N3O2S. The fourth-order valence-corrected chi connectivity index (χ4v) is 4.51. The van der Waals surface area contributed by atoms with E-state index in [-0.39, 0.29) is 0 Å². The average molecular weight is 333 g/mol. The van der Waals surface area contributed by atoms with Crippen molar-refractivity contribution in [3.63, 3.8) is 0 Å². The van der Waals surface area contributed by atoms with E-state index >= 15 is 0 Å². The molecule has 2 fully saturated rings. The molecule has 0 radical (unpaired) electrons. The summed E-state index contributed by atoms with van der Waals surface area (Å²) >= 11 is 1.74. The molecule has 0 saturated carbocycles. The Morgan fingerprint density at radius 1 is 1.48 bits per heavy atom. The molecule has 2 aliphatic heterocycles. The summed E-state index contributed by atoms with van der Waals surface area (Å²) in [5.41, 5.74) is 0. The minimum Gasteiger partial charge on any atom is -0.468 e. The molecule has 2 saturated heterocycles. The fourth-order valence-electron chi connectivity index (χ4n) is 3.87. The van der Waals surface area contributed by atoms with E-state index in [1.54, 1.807) is 17.6 Å². The first-order valence-corrected chi connectivity index (χ1v) is 9.16. The second kappa shape index (κ2) is 6.73. The molecule has 2 aliphatic rings. The van der Waals surface area contributed by atoms with Crippen molar-refractivity contribution in [3.05, 3.63) is 40.7 Å². The van der Waals surface area contributed by atoms with Crippen molar-refractivity contribution in [2.45, 2.75) is 44.1 Å². The zero-order chi connectivity index (χ0) is 15.6. The lowest BCUT2D eigenvalue weighted by Crippen LogP contribution is -2.46. The zero-order valence-electron chi connectivity index (χ0n) is 13.4. The molecule has 0 N–H and O–H groups in total. The van der Waals surface area contributed by atoms with Crippen LogP contribution in [-0.4, -0.2) is 53.2 Å². The monoisotopic (exact) mass is 333 g/mol. The second-order valence-electron chi connectivity index (χ2n) is 6.46. The topological polar surface area (TPSA) is 41.7 Å². The van der Waals surface area contributed by atoms with E-state index in [1.165, 1.54) is 11.4 Å². The molecule has 0 aromatic carbocycles. The average Bonchev–Trinajstić information content (AvgIpc) is 3.29. The number of nitrogens with zero attached hydrogens (tertiary/aromatic N) is 3.